The first-order valence-corrected chi connectivity index (χ1v) is 5.53. The van der Waals surface area contributed by atoms with Crippen molar-refractivity contribution < 1.29 is 14.3 Å². The summed E-state index contributed by atoms with van der Waals surface area (Å²) in [6.45, 7) is 5.39. The van der Waals surface area contributed by atoms with E-state index in [0.29, 0.717) is 16.5 Å². The molecule has 0 heterocycles. The number of hydrogen-bond donors (Lipinski definition) is 1. The number of benzene rings is 1. The van der Waals surface area contributed by atoms with Crippen LogP contribution in [0.25, 0.3) is 0 Å². The van der Waals surface area contributed by atoms with Gasteiger partial charge in [-0.25, -0.2) is 4.79 Å². The van der Waals surface area contributed by atoms with Crippen LogP contribution in [0.1, 0.15) is 20.8 Å². The second-order valence-corrected chi connectivity index (χ2v) is 4.91. The minimum atomic E-state index is -0.538. The monoisotopic (exact) mass is 257 g/mol. The van der Waals surface area contributed by atoms with Gasteiger partial charge in [0.25, 0.3) is 0 Å². The van der Waals surface area contributed by atoms with Crippen molar-refractivity contribution in [2.24, 2.45) is 0 Å². The molecule has 94 valence electrons. The maximum atomic E-state index is 11.6. The van der Waals surface area contributed by atoms with E-state index in [2.05, 4.69) is 5.32 Å². The summed E-state index contributed by atoms with van der Waals surface area (Å²) in [4.78, 5) is 11.6. The van der Waals surface area contributed by atoms with E-state index in [1.807, 2.05) is 0 Å². The highest BCUT2D eigenvalue weighted by molar-refractivity contribution is 6.30. The first-order valence-electron chi connectivity index (χ1n) is 5.15. The van der Waals surface area contributed by atoms with Crippen LogP contribution in [0, 0.1) is 0 Å². The number of anilines is 1. The van der Waals surface area contributed by atoms with E-state index >= 15 is 0 Å². The van der Waals surface area contributed by atoms with Crippen molar-refractivity contribution in [3.05, 3.63) is 23.2 Å². The van der Waals surface area contributed by atoms with Gasteiger partial charge in [0.2, 0.25) is 0 Å². The van der Waals surface area contributed by atoms with Crippen LogP contribution in [-0.4, -0.2) is 18.8 Å². The molecule has 0 aliphatic heterocycles. The fourth-order valence-corrected chi connectivity index (χ4v) is 1.34. The second-order valence-electron chi connectivity index (χ2n) is 4.47. The molecule has 0 bridgehead atoms. The van der Waals surface area contributed by atoms with E-state index in [0.717, 1.165) is 0 Å². The van der Waals surface area contributed by atoms with Crippen LogP contribution in [0.2, 0.25) is 5.02 Å². The molecule has 0 aliphatic carbocycles. The van der Waals surface area contributed by atoms with Gasteiger partial charge in [0.1, 0.15) is 11.4 Å². The Bertz CT molecular complexity index is 413. The Labute approximate surface area is 106 Å². The molecule has 0 aliphatic rings. The van der Waals surface area contributed by atoms with Crippen LogP contribution >= 0.6 is 11.6 Å². The van der Waals surface area contributed by atoms with Gasteiger partial charge in [-0.05, 0) is 32.9 Å². The molecular formula is C12H16ClNO3. The predicted octanol–water partition coefficient (Wildman–Crippen LogP) is 3.70. The van der Waals surface area contributed by atoms with Gasteiger partial charge in [-0.2, -0.15) is 0 Å². The summed E-state index contributed by atoms with van der Waals surface area (Å²) < 4.78 is 10.2. The number of rotatable bonds is 2. The van der Waals surface area contributed by atoms with Crippen molar-refractivity contribution in [3.8, 4) is 5.75 Å². The maximum Gasteiger partial charge on any atom is 0.412 e. The number of methoxy groups -OCH3 is 1. The Balaban J connectivity index is 2.78. The van der Waals surface area contributed by atoms with Crippen LogP contribution < -0.4 is 10.1 Å². The number of carbonyl (C=O) groups is 1. The molecule has 1 aromatic rings. The topological polar surface area (TPSA) is 47.6 Å². The number of hydrogen-bond acceptors (Lipinski definition) is 3. The molecule has 0 unspecified atom stereocenters. The lowest BCUT2D eigenvalue weighted by Crippen LogP contribution is -2.27. The lowest BCUT2D eigenvalue weighted by Gasteiger charge is -2.20. The summed E-state index contributed by atoms with van der Waals surface area (Å²) in [5, 5.41) is 3.14. The Morgan fingerprint density at radius 3 is 2.53 bits per heavy atom. The molecule has 0 saturated heterocycles. The SMILES string of the molecule is COc1cc(Cl)ccc1NC(=O)OC(C)(C)C. The number of nitrogens with one attached hydrogen (secondary N) is 1. The third-order valence-electron chi connectivity index (χ3n) is 1.80. The van der Waals surface area contributed by atoms with Gasteiger partial charge < -0.3 is 9.47 Å². The Kier molecular flexibility index (Phi) is 4.23. The number of halogens is 1. The van der Waals surface area contributed by atoms with Crippen molar-refractivity contribution in [1.29, 1.82) is 0 Å². The van der Waals surface area contributed by atoms with Gasteiger partial charge in [-0.3, -0.25) is 5.32 Å². The summed E-state index contributed by atoms with van der Waals surface area (Å²) >= 11 is 5.81. The lowest BCUT2D eigenvalue weighted by atomic mass is 10.2. The van der Waals surface area contributed by atoms with Crippen molar-refractivity contribution in [2.45, 2.75) is 26.4 Å². The number of carbonyl (C=O) groups excluding carboxylic acids is 1. The van der Waals surface area contributed by atoms with E-state index in [4.69, 9.17) is 21.1 Å². The summed E-state index contributed by atoms with van der Waals surface area (Å²) in [6, 6.07) is 4.94. The van der Waals surface area contributed by atoms with Crippen molar-refractivity contribution in [2.75, 3.05) is 12.4 Å². The first kappa shape index (κ1) is 13.6. The average molecular weight is 258 g/mol. The predicted molar refractivity (Wildman–Crippen MR) is 67.9 cm³/mol. The third kappa shape index (κ3) is 4.53. The van der Waals surface area contributed by atoms with E-state index in [1.54, 1.807) is 39.0 Å². The molecule has 4 nitrogen and oxygen atoms in total. The normalized spacial score (nSPS) is 10.9. The molecular weight excluding hydrogens is 242 g/mol. The molecule has 0 saturated carbocycles. The highest BCUT2D eigenvalue weighted by Gasteiger charge is 2.17. The van der Waals surface area contributed by atoms with Gasteiger partial charge in [0, 0.05) is 11.1 Å². The largest absolute Gasteiger partial charge is 0.495 e. The van der Waals surface area contributed by atoms with Crippen LogP contribution in [0.15, 0.2) is 18.2 Å². The molecule has 5 heteroatoms. The van der Waals surface area contributed by atoms with Crippen molar-refractivity contribution >= 4 is 23.4 Å². The fraction of sp³-hybridized carbons (Fsp3) is 0.417. The fourth-order valence-electron chi connectivity index (χ4n) is 1.18. The van der Waals surface area contributed by atoms with Crippen LogP contribution in [0.5, 0.6) is 5.75 Å². The zero-order chi connectivity index (χ0) is 13.1. The highest BCUT2D eigenvalue weighted by Crippen LogP contribution is 2.28. The van der Waals surface area contributed by atoms with Gasteiger partial charge in [-0.15, -0.1) is 0 Å². The van der Waals surface area contributed by atoms with Crippen molar-refractivity contribution in [3.63, 3.8) is 0 Å². The van der Waals surface area contributed by atoms with Crippen LogP contribution in [0.3, 0.4) is 0 Å². The van der Waals surface area contributed by atoms with E-state index in [-0.39, 0.29) is 0 Å². The van der Waals surface area contributed by atoms with Crippen molar-refractivity contribution in [1.82, 2.24) is 0 Å². The quantitative estimate of drug-likeness (QED) is 0.879. The third-order valence-corrected chi connectivity index (χ3v) is 2.03. The lowest BCUT2D eigenvalue weighted by molar-refractivity contribution is 0.0635. The highest BCUT2D eigenvalue weighted by atomic mass is 35.5. The summed E-state index contributed by atoms with van der Waals surface area (Å²) in [7, 11) is 1.51. The summed E-state index contributed by atoms with van der Waals surface area (Å²) in [5.41, 5.74) is -0.0184. The minimum absolute atomic E-state index is 0.489. The zero-order valence-corrected chi connectivity index (χ0v) is 11.1. The molecule has 1 amide bonds. The smallest absolute Gasteiger partial charge is 0.412 e. The molecule has 0 fully saturated rings. The Morgan fingerprint density at radius 2 is 2.00 bits per heavy atom. The first-order chi connectivity index (χ1) is 7.81. The molecule has 0 spiro atoms. The van der Waals surface area contributed by atoms with Crippen LogP contribution in [0.4, 0.5) is 10.5 Å². The molecule has 17 heavy (non-hydrogen) atoms. The van der Waals surface area contributed by atoms with E-state index in [9.17, 15) is 4.79 Å². The van der Waals surface area contributed by atoms with Gasteiger partial charge in [0.15, 0.2) is 0 Å². The maximum absolute atomic E-state index is 11.6. The molecule has 1 N–H and O–H groups in total. The molecule has 1 rings (SSSR count). The molecule has 1 aromatic carbocycles. The Hall–Kier alpha value is -1.42. The average Bonchev–Trinajstić information content (AvgIpc) is 2.17. The molecule has 0 radical (unpaired) electrons. The van der Waals surface area contributed by atoms with E-state index < -0.39 is 11.7 Å². The minimum Gasteiger partial charge on any atom is -0.495 e. The Morgan fingerprint density at radius 1 is 1.35 bits per heavy atom. The zero-order valence-electron chi connectivity index (χ0n) is 10.3. The molecule has 0 atom stereocenters. The van der Waals surface area contributed by atoms with Gasteiger partial charge in [0.05, 0.1) is 12.8 Å². The van der Waals surface area contributed by atoms with Crippen LogP contribution in [-0.2, 0) is 4.74 Å². The summed E-state index contributed by atoms with van der Waals surface area (Å²) in [6.07, 6.45) is -0.530. The molecule has 0 aromatic heterocycles. The van der Waals surface area contributed by atoms with Gasteiger partial charge in [-0.1, -0.05) is 11.6 Å². The van der Waals surface area contributed by atoms with E-state index in [1.165, 1.54) is 7.11 Å². The van der Waals surface area contributed by atoms with Gasteiger partial charge >= 0.3 is 6.09 Å². The number of ether oxygens (including phenoxy) is 2. The number of amides is 1. The standard InChI is InChI=1S/C12H16ClNO3/c1-12(2,3)17-11(15)14-9-6-5-8(13)7-10(9)16-4/h5-7H,1-4H3,(H,14,15). The second kappa shape index (κ2) is 5.27. The summed E-state index contributed by atoms with van der Waals surface area (Å²) in [5.74, 6) is 0.489.